The number of hydrogen-bond acceptors (Lipinski definition) is 3. The molecule has 3 nitrogen and oxygen atoms in total. The van der Waals surface area contributed by atoms with Crippen molar-refractivity contribution in [2.45, 2.75) is 33.4 Å². The van der Waals surface area contributed by atoms with E-state index in [9.17, 15) is 0 Å². The van der Waals surface area contributed by atoms with Gasteiger partial charge in [-0.3, -0.25) is 0 Å². The first-order chi connectivity index (χ1) is 7.83. The van der Waals surface area contributed by atoms with Gasteiger partial charge in [0.25, 0.3) is 0 Å². The summed E-state index contributed by atoms with van der Waals surface area (Å²) in [5.74, 6) is 0.953. The highest BCUT2D eigenvalue weighted by molar-refractivity contribution is 7.12. The molecule has 0 unspecified atom stereocenters. The fourth-order valence-corrected chi connectivity index (χ4v) is 2.50. The monoisotopic (exact) mass is 235 g/mol. The van der Waals surface area contributed by atoms with Gasteiger partial charge in [0.1, 0.15) is 0 Å². The lowest BCUT2D eigenvalue weighted by Crippen LogP contribution is -2.05. The molecule has 86 valence electrons. The summed E-state index contributed by atoms with van der Waals surface area (Å²) in [6, 6.07) is 4.39. The van der Waals surface area contributed by atoms with Gasteiger partial charge in [0.2, 0.25) is 5.95 Å². The Kier molecular flexibility index (Phi) is 3.62. The van der Waals surface area contributed by atoms with Crippen LogP contribution < -0.4 is 5.32 Å². The summed E-state index contributed by atoms with van der Waals surface area (Å²) < 4.78 is 2.11. The first kappa shape index (κ1) is 11.2. The summed E-state index contributed by atoms with van der Waals surface area (Å²) in [6.45, 7) is 6.12. The van der Waals surface area contributed by atoms with Crippen molar-refractivity contribution < 1.29 is 0 Å². The normalized spacial score (nSPS) is 10.6. The zero-order valence-corrected chi connectivity index (χ0v) is 10.5. The zero-order valence-electron chi connectivity index (χ0n) is 9.73. The van der Waals surface area contributed by atoms with Gasteiger partial charge in [-0.2, -0.15) is 0 Å². The Morgan fingerprint density at radius 1 is 1.31 bits per heavy atom. The first-order valence-corrected chi connectivity index (χ1v) is 6.47. The van der Waals surface area contributed by atoms with Gasteiger partial charge >= 0.3 is 0 Å². The molecule has 0 aromatic carbocycles. The highest BCUT2D eigenvalue weighted by Gasteiger charge is 2.02. The highest BCUT2D eigenvalue weighted by Crippen LogP contribution is 2.18. The summed E-state index contributed by atoms with van der Waals surface area (Å²) in [6.07, 6.45) is 4.94. The van der Waals surface area contributed by atoms with Crippen molar-refractivity contribution in [1.82, 2.24) is 9.55 Å². The van der Waals surface area contributed by atoms with Crippen LogP contribution in [0.3, 0.4) is 0 Å². The smallest absolute Gasteiger partial charge is 0.203 e. The number of nitrogens with one attached hydrogen (secondary N) is 1. The van der Waals surface area contributed by atoms with Gasteiger partial charge in [0, 0.05) is 28.7 Å². The molecular weight excluding hydrogens is 218 g/mol. The molecule has 0 bridgehead atoms. The second-order valence-corrected chi connectivity index (χ2v) is 4.86. The summed E-state index contributed by atoms with van der Waals surface area (Å²) in [7, 11) is 0. The summed E-state index contributed by atoms with van der Waals surface area (Å²) in [5, 5.41) is 3.36. The van der Waals surface area contributed by atoms with E-state index < -0.39 is 0 Å². The van der Waals surface area contributed by atoms with Crippen molar-refractivity contribution in [2.24, 2.45) is 0 Å². The lowest BCUT2D eigenvalue weighted by Gasteiger charge is -2.06. The van der Waals surface area contributed by atoms with E-state index in [2.05, 4.69) is 40.8 Å². The molecular formula is C12H17N3S. The number of thiophene rings is 1. The molecule has 2 rings (SSSR count). The molecule has 0 fully saturated rings. The number of hydrogen-bond donors (Lipinski definition) is 1. The standard InChI is InChI=1S/C12H17N3S/c1-3-10-5-6-11(16-10)9-14-12-13-7-8-15(12)4-2/h5-8H,3-4,9H2,1-2H3,(H,13,14). The average Bonchev–Trinajstić information content (AvgIpc) is 2.94. The van der Waals surface area contributed by atoms with Gasteiger partial charge in [0.05, 0.1) is 6.54 Å². The molecule has 0 radical (unpaired) electrons. The molecule has 0 spiro atoms. The van der Waals surface area contributed by atoms with Crippen molar-refractivity contribution in [2.75, 3.05) is 5.32 Å². The predicted molar refractivity (Wildman–Crippen MR) is 68.9 cm³/mol. The summed E-state index contributed by atoms with van der Waals surface area (Å²) in [5.41, 5.74) is 0. The summed E-state index contributed by atoms with van der Waals surface area (Å²) in [4.78, 5) is 7.09. The molecule has 0 atom stereocenters. The Bertz CT molecular complexity index is 445. The van der Waals surface area contributed by atoms with E-state index in [-0.39, 0.29) is 0 Å². The average molecular weight is 235 g/mol. The number of nitrogens with zero attached hydrogens (tertiary/aromatic N) is 2. The van der Waals surface area contributed by atoms with E-state index in [0.29, 0.717) is 0 Å². The number of aryl methyl sites for hydroxylation is 2. The van der Waals surface area contributed by atoms with E-state index in [1.54, 1.807) is 0 Å². The number of aromatic nitrogens is 2. The minimum Gasteiger partial charge on any atom is -0.351 e. The molecule has 4 heteroatoms. The Labute approximate surface area is 100 Å². The molecule has 0 saturated carbocycles. The maximum atomic E-state index is 4.29. The lowest BCUT2D eigenvalue weighted by molar-refractivity contribution is 0.764. The molecule has 0 amide bonds. The molecule has 0 aliphatic carbocycles. The molecule has 0 aliphatic heterocycles. The van der Waals surface area contributed by atoms with Gasteiger partial charge in [0.15, 0.2) is 0 Å². The molecule has 16 heavy (non-hydrogen) atoms. The third-order valence-electron chi connectivity index (χ3n) is 2.54. The fourth-order valence-electron chi connectivity index (χ4n) is 1.61. The Hall–Kier alpha value is -1.29. The third-order valence-corrected chi connectivity index (χ3v) is 3.77. The molecule has 0 aliphatic rings. The molecule has 2 aromatic rings. The second kappa shape index (κ2) is 5.16. The van der Waals surface area contributed by atoms with Crippen LogP contribution in [0, 0.1) is 0 Å². The first-order valence-electron chi connectivity index (χ1n) is 5.66. The minimum atomic E-state index is 0.863. The Morgan fingerprint density at radius 3 is 2.81 bits per heavy atom. The summed E-state index contributed by atoms with van der Waals surface area (Å²) >= 11 is 1.87. The van der Waals surface area contributed by atoms with Gasteiger partial charge in [-0.15, -0.1) is 11.3 Å². The van der Waals surface area contributed by atoms with Crippen molar-refractivity contribution in [3.8, 4) is 0 Å². The predicted octanol–water partition coefficient (Wildman–Crippen LogP) is 3.14. The van der Waals surface area contributed by atoms with Crippen LogP contribution in [0.1, 0.15) is 23.6 Å². The molecule has 2 aromatic heterocycles. The Balaban J connectivity index is 1.96. The van der Waals surface area contributed by atoms with E-state index in [0.717, 1.165) is 25.5 Å². The SMILES string of the molecule is CCc1ccc(CNc2nccn2CC)s1. The number of imidazole rings is 1. The van der Waals surface area contributed by atoms with Crippen molar-refractivity contribution in [3.05, 3.63) is 34.3 Å². The molecule has 1 N–H and O–H groups in total. The molecule has 0 saturated heterocycles. The Morgan fingerprint density at radius 2 is 2.12 bits per heavy atom. The highest BCUT2D eigenvalue weighted by atomic mass is 32.1. The van der Waals surface area contributed by atoms with Crippen LogP contribution in [0.25, 0.3) is 0 Å². The number of anilines is 1. The van der Waals surface area contributed by atoms with E-state index in [1.165, 1.54) is 9.75 Å². The van der Waals surface area contributed by atoms with Gasteiger partial charge in [-0.1, -0.05) is 6.92 Å². The second-order valence-electron chi connectivity index (χ2n) is 3.61. The van der Waals surface area contributed by atoms with Crippen LogP contribution in [-0.4, -0.2) is 9.55 Å². The fraction of sp³-hybridized carbons (Fsp3) is 0.417. The lowest BCUT2D eigenvalue weighted by atomic mass is 10.4. The largest absolute Gasteiger partial charge is 0.351 e. The van der Waals surface area contributed by atoms with Gasteiger partial charge < -0.3 is 9.88 Å². The zero-order chi connectivity index (χ0) is 11.4. The van der Waals surface area contributed by atoms with Gasteiger partial charge in [-0.25, -0.2) is 4.98 Å². The van der Waals surface area contributed by atoms with Crippen LogP contribution in [-0.2, 0) is 19.5 Å². The molecule has 2 heterocycles. The van der Waals surface area contributed by atoms with Crippen LogP contribution in [0.5, 0.6) is 0 Å². The van der Waals surface area contributed by atoms with Crippen LogP contribution in [0.4, 0.5) is 5.95 Å². The van der Waals surface area contributed by atoms with Crippen molar-refractivity contribution in [1.29, 1.82) is 0 Å². The van der Waals surface area contributed by atoms with E-state index in [1.807, 2.05) is 23.7 Å². The topological polar surface area (TPSA) is 29.9 Å². The van der Waals surface area contributed by atoms with Crippen LogP contribution >= 0.6 is 11.3 Å². The third kappa shape index (κ3) is 2.44. The maximum Gasteiger partial charge on any atom is 0.203 e. The number of rotatable bonds is 5. The quantitative estimate of drug-likeness (QED) is 0.863. The van der Waals surface area contributed by atoms with Gasteiger partial charge in [-0.05, 0) is 25.5 Å². The van der Waals surface area contributed by atoms with Crippen LogP contribution in [0.2, 0.25) is 0 Å². The van der Waals surface area contributed by atoms with Crippen molar-refractivity contribution >= 4 is 17.3 Å². The maximum absolute atomic E-state index is 4.29. The van der Waals surface area contributed by atoms with E-state index >= 15 is 0 Å². The van der Waals surface area contributed by atoms with E-state index in [4.69, 9.17) is 0 Å². The minimum absolute atomic E-state index is 0.863. The van der Waals surface area contributed by atoms with Crippen LogP contribution in [0.15, 0.2) is 24.5 Å². The van der Waals surface area contributed by atoms with Crippen molar-refractivity contribution in [3.63, 3.8) is 0 Å².